The number of aryl methyl sites for hydroxylation is 1. The van der Waals surface area contributed by atoms with Crippen molar-refractivity contribution in [3.63, 3.8) is 0 Å². The van der Waals surface area contributed by atoms with Crippen LogP contribution in [0.4, 0.5) is 8.78 Å². The predicted molar refractivity (Wildman–Crippen MR) is 73.0 cm³/mol. The van der Waals surface area contributed by atoms with Crippen molar-refractivity contribution in [1.29, 1.82) is 0 Å². The molecule has 2 aromatic rings. The third-order valence-electron chi connectivity index (χ3n) is 3.93. The van der Waals surface area contributed by atoms with Gasteiger partial charge in [-0.25, -0.2) is 8.78 Å². The highest BCUT2D eigenvalue weighted by Crippen LogP contribution is 2.35. The van der Waals surface area contributed by atoms with Crippen LogP contribution in [0.1, 0.15) is 35.8 Å². The van der Waals surface area contributed by atoms with Crippen LogP contribution >= 0.6 is 0 Å². The Labute approximate surface area is 115 Å². The quantitative estimate of drug-likeness (QED) is 0.870. The van der Waals surface area contributed by atoms with Gasteiger partial charge in [-0.05, 0) is 37.6 Å². The van der Waals surface area contributed by atoms with Gasteiger partial charge in [0.2, 0.25) is 0 Å². The number of benzene rings is 1. The number of amides is 1. The molecular weight excluding hydrogens is 262 g/mol. The maximum Gasteiger partial charge on any atom is 0.268 e. The van der Waals surface area contributed by atoms with Crippen molar-refractivity contribution in [3.05, 3.63) is 35.3 Å². The highest BCUT2D eigenvalue weighted by Gasteiger charge is 2.41. The molecule has 3 nitrogen and oxygen atoms in total. The van der Waals surface area contributed by atoms with E-state index in [9.17, 15) is 13.6 Å². The molecular formula is C15H16F2N2O. The number of hydrogen-bond donors (Lipinski definition) is 2. The van der Waals surface area contributed by atoms with Crippen LogP contribution in [-0.2, 0) is 0 Å². The Morgan fingerprint density at radius 3 is 2.80 bits per heavy atom. The molecule has 20 heavy (non-hydrogen) atoms. The Bertz CT molecular complexity index is 682. The largest absolute Gasteiger partial charge is 0.350 e. The highest BCUT2D eigenvalue weighted by molar-refractivity contribution is 6.01. The van der Waals surface area contributed by atoms with Gasteiger partial charge in [0, 0.05) is 29.8 Å². The van der Waals surface area contributed by atoms with Gasteiger partial charge in [-0.1, -0.05) is 0 Å². The van der Waals surface area contributed by atoms with E-state index in [1.54, 1.807) is 6.07 Å². The number of hydrogen-bond acceptors (Lipinski definition) is 1. The zero-order valence-electron chi connectivity index (χ0n) is 11.4. The van der Waals surface area contributed by atoms with Gasteiger partial charge in [0.15, 0.2) is 0 Å². The summed E-state index contributed by atoms with van der Waals surface area (Å²) in [6.45, 7) is 3.35. The molecule has 0 unspecified atom stereocenters. The molecule has 1 aromatic carbocycles. The molecule has 3 rings (SSSR count). The van der Waals surface area contributed by atoms with Crippen LogP contribution in [0.2, 0.25) is 0 Å². The van der Waals surface area contributed by atoms with Gasteiger partial charge in [0.1, 0.15) is 17.2 Å². The van der Waals surface area contributed by atoms with Crippen LogP contribution in [0.25, 0.3) is 10.9 Å². The van der Waals surface area contributed by atoms with Gasteiger partial charge in [-0.2, -0.15) is 0 Å². The van der Waals surface area contributed by atoms with E-state index in [2.05, 4.69) is 10.3 Å². The molecule has 2 N–H and O–H groups in total. The lowest BCUT2D eigenvalue weighted by atomic mass is 9.79. The fourth-order valence-electron chi connectivity index (χ4n) is 2.86. The average Bonchev–Trinajstić information content (AvgIpc) is 2.64. The van der Waals surface area contributed by atoms with Crippen LogP contribution in [0.3, 0.4) is 0 Å². The minimum Gasteiger partial charge on any atom is -0.350 e. The maximum atomic E-state index is 13.4. The van der Waals surface area contributed by atoms with E-state index < -0.39 is 5.67 Å². The van der Waals surface area contributed by atoms with Crippen LogP contribution in [-0.4, -0.2) is 22.6 Å². The Hall–Kier alpha value is -1.91. The molecule has 1 saturated carbocycles. The number of fused-ring (bicyclic) bond motifs is 1. The first-order valence-corrected chi connectivity index (χ1v) is 6.63. The summed E-state index contributed by atoms with van der Waals surface area (Å²) in [6.07, 6.45) is 0.680. The monoisotopic (exact) mass is 278 g/mol. The molecule has 1 amide bonds. The number of rotatable bonds is 2. The van der Waals surface area contributed by atoms with E-state index in [0.717, 1.165) is 10.9 Å². The topological polar surface area (TPSA) is 44.9 Å². The Morgan fingerprint density at radius 1 is 1.45 bits per heavy atom. The van der Waals surface area contributed by atoms with Gasteiger partial charge in [-0.15, -0.1) is 0 Å². The summed E-state index contributed by atoms with van der Waals surface area (Å²) in [4.78, 5) is 15.1. The van der Waals surface area contributed by atoms with Gasteiger partial charge in [0.05, 0.1) is 0 Å². The van der Waals surface area contributed by atoms with Crippen molar-refractivity contribution in [1.82, 2.24) is 10.3 Å². The molecule has 0 bridgehead atoms. The fraction of sp³-hybridized carbons (Fsp3) is 0.400. The van der Waals surface area contributed by atoms with Gasteiger partial charge in [-0.3, -0.25) is 4.79 Å². The molecule has 1 fully saturated rings. The number of aromatic nitrogens is 1. The summed E-state index contributed by atoms with van der Waals surface area (Å²) in [5, 5.41) is 3.62. The van der Waals surface area contributed by atoms with Crippen LogP contribution in [0.15, 0.2) is 18.2 Å². The van der Waals surface area contributed by atoms with Crippen LogP contribution in [0, 0.1) is 12.7 Å². The molecule has 1 heterocycles. The first-order valence-electron chi connectivity index (χ1n) is 6.63. The van der Waals surface area contributed by atoms with Crippen molar-refractivity contribution in [2.75, 3.05) is 0 Å². The van der Waals surface area contributed by atoms with Crippen molar-refractivity contribution in [2.45, 2.75) is 38.4 Å². The number of carbonyl (C=O) groups excluding carboxylic acids is 1. The summed E-state index contributed by atoms with van der Waals surface area (Å²) in [5.41, 5.74) is 0.616. The van der Waals surface area contributed by atoms with Crippen molar-refractivity contribution >= 4 is 16.8 Å². The Morgan fingerprint density at radius 2 is 2.15 bits per heavy atom. The minimum absolute atomic E-state index is 0.125. The second-order valence-electron chi connectivity index (χ2n) is 5.81. The first kappa shape index (κ1) is 13.1. The second kappa shape index (κ2) is 4.30. The SMILES string of the molecule is Cc1c(C(=O)NC2CC(C)(F)C2)[nH]c2cc(F)ccc12. The lowest BCUT2D eigenvalue weighted by Crippen LogP contribution is -2.51. The lowest BCUT2D eigenvalue weighted by molar-refractivity contribution is 0.0443. The van der Waals surface area contributed by atoms with E-state index in [1.165, 1.54) is 19.1 Å². The second-order valence-corrected chi connectivity index (χ2v) is 5.81. The molecule has 1 aliphatic rings. The van der Waals surface area contributed by atoms with Crippen LogP contribution < -0.4 is 5.32 Å². The highest BCUT2D eigenvalue weighted by atomic mass is 19.1. The third kappa shape index (κ3) is 2.17. The zero-order chi connectivity index (χ0) is 14.5. The number of alkyl halides is 1. The number of H-pyrrole nitrogens is 1. The molecule has 0 spiro atoms. The molecule has 106 valence electrons. The summed E-state index contributed by atoms with van der Waals surface area (Å²) in [7, 11) is 0. The summed E-state index contributed by atoms with van der Waals surface area (Å²) in [6, 6.07) is 4.25. The van der Waals surface area contributed by atoms with E-state index in [0.29, 0.717) is 24.1 Å². The smallest absolute Gasteiger partial charge is 0.268 e. The first-order chi connectivity index (χ1) is 9.35. The number of nitrogens with one attached hydrogen (secondary N) is 2. The Kier molecular flexibility index (Phi) is 2.81. The van der Waals surface area contributed by atoms with Crippen molar-refractivity contribution in [2.24, 2.45) is 0 Å². The number of halogens is 2. The van der Waals surface area contributed by atoms with Gasteiger partial charge >= 0.3 is 0 Å². The van der Waals surface area contributed by atoms with Crippen molar-refractivity contribution in [3.8, 4) is 0 Å². The fourth-order valence-corrected chi connectivity index (χ4v) is 2.86. The number of aromatic amines is 1. The normalized spacial score (nSPS) is 25.5. The summed E-state index contributed by atoms with van der Waals surface area (Å²) < 4.78 is 26.6. The molecule has 0 aliphatic heterocycles. The van der Waals surface area contributed by atoms with E-state index in [-0.39, 0.29) is 17.8 Å². The lowest BCUT2D eigenvalue weighted by Gasteiger charge is -2.38. The molecule has 1 aliphatic carbocycles. The Balaban J connectivity index is 1.83. The van der Waals surface area contributed by atoms with Crippen molar-refractivity contribution < 1.29 is 13.6 Å². The summed E-state index contributed by atoms with van der Waals surface area (Å²) in [5.74, 6) is -0.613. The molecule has 0 saturated heterocycles. The van der Waals surface area contributed by atoms with Crippen LogP contribution in [0.5, 0.6) is 0 Å². The summed E-state index contributed by atoms with van der Waals surface area (Å²) >= 11 is 0. The maximum absolute atomic E-state index is 13.4. The van der Waals surface area contributed by atoms with Gasteiger partial charge < -0.3 is 10.3 Å². The van der Waals surface area contributed by atoms with E-state index >= 15 is 0 Å². The third-order valence-corrected chi connectivity index (χ3v) is 3.93. The van der Waals surface area contributed by atoms with E-state index in [4.69, 9.17) is 0 Å². The molecule has 1 aromatic heterocycles. The molecule has 0 radical (unpaired) electrons. The number of carbonyl (C=O) groups is 1. The predicted octanol–water partition coefficient (Wildman–Crippen LogP) is 3.24. The van der Waals surface area contributed by atoms with Gasteiger partial charge in [0.25, 0.3) is 5.91 Å². The average molecular weight is 278 g/mol. The molecule has 0 atom stereocenters. The molecule has 5 heteroatoms. The standard InChI is InChI=1S/C15H16F2N2O/c1-8-11-4-3-9(16)5-12(11)19-13(8)14(20)18-10-6-15(2,17)7-10/h3-5,10,19H,6-7H2,1-2H3,(H,18,20). The zero-order valence-corrected chi connectivity index (χ0v) is 11.4. The van der Waals surface area contributed by atoms with E-state index in [1.807, 2.05) is 6.92 Å². The minimum atomic E-state index is -1.17.